The van der Waals surface area contributed by atoms with Crippen molar-refractivity contribution in [3.63, 3.8) is 0 Å². The van der Waals surface area contributed by atoms with Crippen LogP contribution in [0.15, 0.2) is 24.3 Å². The Kier molecular flexibility index (Phi) is 5.41. The van der Waals surface area contributed by atoms with E-state index in [1.54, 1.807) is 7.11 Å². The Morgan fingerprint density at radius 1 is 1.26 bits per heavy atom. The van der Waals surface area contributed by atoms with Gasteiger partial charge in [0.05, 0.1) is 12.6 Å². The predicted octanol–water partition coefficient (Wildman–Crippen LogP) is 1.61. The van der Waals surface area contributed by atoms with Crippen LogP contribution in [0.25, 0.3) is 0 Å². The van der Waals surface area contributed by atoms with Gasteiger partial charge < -0.3 is 10.5 Å². The van der Waals surface area contributed by atoms with Crippen molar-refractivity contribution in [1.82, 2.24) is 4.90 Å². The van der Waals surface area contributed by atoms with Crippen LogP contribution in [0.1, 0.15) is 24.0 Å². The van der Waals surface area contributed by atoms with Crippen LogP contribution in [-0.2, 0) is 11.3 Å². The Bertz CT molecular complexity index is 436. The van der Waals surface area contributed by atoms with E-state index >= 15 is 0 Å². The summed E-state index contributed by atoms with van der Waals surface area (Å²) in [6.45, 7) is 3.66. The number of methoxy groups -OCH3 is 1. The highest BCUT2D eigenvalue weighted by Crippen LogP contribution is 2.15. The molecule has 0 spiro atoms. The highest BCUT2D eigenvalue weighted by atomic mass is 16.5. The lowest BCUT2D eigenvalue weighted by molar-refractivity contribution is 0.0388. The maximum atomic E-state index is 5.39. The zero-order valence-electron chi connectivity index (χ0n) is 11.6. The molecule has 3 heteroatoms. The number of likely N-dealkylation sites (tertiary alicyclic amines) is 1. The minimum atomic E-state index is 0.413. The van der Waals surface area contributed by atoms with Crippen molar-refractivity contribution >= 4 is 0 Å². The van der Waals surface area contributed by atoms with E-state index < -0.39 is 0 Å². The summed E-state index contributed by atoms with van der Waals surface area (Å²) in [6, 6.07) is 8.45. The number of ether oxygens (including phenoxy) is 1. The monoisotopic (exact) mass is 258 g/mol. The van der Waals surface area contributed by atoms with Gasteiger partial charge in [-0.3, -0.25) is 4.90 Å². The molecule has 1 aromatic carbocycles. The Balaban J connectivity index is 1.86. The van der Waals surface area contributed by atoms with Crippen molar-refractivity contribution in [2.45, 2.75) is 25.5 Å². The molecule has 1 aromatic rings. The zero-order chi connectivity index (χ0) is 13.5. The van der Waals surface area contributed by atoms with Gasteiger partial charge in [-0.25, -0.2) is 0 Å². The molecule has 1 aliphatic rings. The van der Waals surface area contributed by atoms with Gasteiger partial charge in [-0.1, -0.05) is 24.0 Å². The summed E-state index contributed by atoms with van der Waals surface area (Å²) in [5, 5.41) is 0. The van der Waals surface area contributed by atoms with Gasteiger partial charge in [0, 0.05) is 32.3 Å². The van der Waals surface area contributed by atoms with Crippen LogP contribution in [0.3, 0.4) is 0 Å². The summed E-state index contributed by atoms with van der Waals surface area (Å²) < 4.78 is 5.39. The smallest absolute Gasteiger partial charge is 0.0595 e. The summed E-state index contributed by atoms with van der Waals surface area (Å²) >= 11 is 0. The molecule has 0 unspecified atom stereocenters. The number of rotatable bonds is 3. The highest BCUT2D eigenvalue weighted by Gasteiger charge is 2.18. The molecular weight excluding hydrogens is 236 g/mol. The van der Waals surface area contributed by atoms with Crippen LogP contribution in [0, 0.1) is 11.8 Å². The first kappa shape index (κ1) is 14.1. The molecule has 19 heavy (non-hydrogen) atoms. The fraction of sp³-hybridized carbons (Fsp3) is 0.500. The van der Waals surface area contributed by atoms with E-state index in [1.165, 1.54) is 5.56 Å². The average Bonchev–Trinajstić information content (AvgIpc) is 2.47. The fourth-order valence-electron chi connectivity index (χ4n) is 2.41. The van der Waals surface area contributed by atoms with Crippen LogP contribution in [0.2, 0.25) is 0 Å². The second-order valence-corrected chi connectivity index (χ2v) is 4.91. The first-order valence-corrected chi connectivity index (χ1v) is 6.85. The second-order valence-electron chi connectivity index (χ2n) is 4.91. The number of benzene rings is 1. The SMILES string of the molecule is COC1CCN(Cc2ccc(C#CCN)cc2)CC1. The number of hydrogen-bond donors (Lipinski definition) is 1. The molecule has 1 saturated heterocycles. The largest absolute Gasteiger partial charge is 0.381 e. The second kappa shape index (κ2) is 7.30. The van der Waals surface area contributed by atoms with Gasteiger partial charge in [-0.15, -0.1) is 0 Å². The number of nitrogens with zero attached hydrogens (tertiary/aromatic N) is 1. The van der Waals surface area contributed by atoms with Crippen LogP contribution in [-0.4, -0.2) is 37.7 Å². The molecule has 0 saturated carbocycles. The van der Waals surface area contributed by atoms with Crippen molar-refractivity contribution in [2.24, 2.45) is 5.73 Å². The standard InChI is InChI=1S/C16H22N2O/c1-19-16-8-11-18(12-9-16)13-15-6-4-14(5-7-15)3-2-10-17/h4-7,16H,8-13,17H2,1H3. The van der Waals surface area contributed by atoms with Gasteiger partial charge in [0.1, 0.15) is 0 Å². The zero-order valence-corrected chi connectivity index (χ0v) is 11.6. The molecule has 0 radical (unpaired) electrons. The lowest BCUT2D eigenvalue weighted by Gasteiger charge is -2.31. The molecule has 2 N–H and O–H groups in total. The summed E-state index contributed by atoms with van der Waals surface area (Å²) in [6.07, 6.45) is 2.72. The normalized spacial score (nSPS) is 16.9. The molecule has 102 valence electrons. The maximum absolute atomic E-state index is 5.39. The quantitative estimate of drug-likeness (QED) is 0.837. The van der Waals surface area contributed by atoms with Crippen molar-refractivity contribution in [2.75, 3.05) is 26.7 Å². The van der Waals surface area contributed by atoms with E-state index in [4.69, 9.17) is 10.5 Å². The first-order chi connectivity index (χ1) is 9.31. The molecule has 1 aliphatic heterocycles. The van der Waals surface area contributed by atoms with Gasteiger partial charge in [0.25, 0.3) is 0 Å². The van der Waals surface area contributed by atoms with E-state index in [-0.39, 0.29) is 0 Å². The third-order valence-electron chi connectivity index (χ3n) is 3.56. The fourth-order valence-corrected chi connectivity index (χ4v) is 2.41. The van der Waals surface area contributed by atoms with Crippen LogP contribution in [0.5, 0.6) is 0 Å². The highest BCUT2D eigenvalue weighted by molar-refractivity contribution is 5.36. The van der Waals surface area contributed by atoms with Gasteiger partial charge in [-0.2, -0.15) is 0 Å². The summed E-state index contributed by atoms with van der Waals surface area (Å²) in [7, 11) is 1.81. The van der Waals surface area contributed by atoms with Crippen molar-refractivity contribution in [1.29, 1.82) is 0 Å². The van der Waals surface area contributed by atoms with Crippen LogP contribution in [0.4, 0.5) is 0 Å². The molecule has 1 fully saturated rings. The maximum Gasteiger partial charge on any atom is 0.0595 e. The number of hydrogen-bond acceptors (Lipinski definition) is 3. The third kappa shape index (κ3) is 4.36. The third-order valence-corrected chi connectivity index (χ3v) is 3.56. The average molecular weight is 258 g/mol. The Hall–Kier alpha value is -1.34. The Morgan fingerprint density at radius 3 is 2.53 bits per heavy atom. The summed E-state index contributed by atoms with van der Waals surface area (Å²) in [5.74, 6) is 5.91. The molecule has 0 aromatic heterocycles. The molecule has 0 amide bonds. The summed E-state index contributed by atoms with van der Waals surface area (Å²) in [5.41, 5.74) is 7.74. The van der Waals surface area contributed by atoms with Crippen molar-refractivity contribution in [3.05, 3.63) is 35.4 Å². The molecule has 3 nitrogen and oxygen atoms in total. The van der Waals surface area contributed by atoms with E-state index in [1.807, 2.05) is 0 Å². The molecule has 2 rings (SSSR count). The lowest BCUT2D eigenvalue weighted by atomic mass is 10.1. The van der Waals surface area contributed by atoms with Crippen LogP contribution < -0.4 is 5.73 Å². The Morgan fingerprint density at radius 2 is 1.95 bits per heavy atom. The molecule has 0 atom stereocenters. The van der Waals surface area contributed by atoms with E-state index in [0.717, 1.165) is 38.0 Å². The van der Waals surface area contributed by atoms with Gasteiger partial charge in [-0.05, 0) is 30.5 Å². The summed E-state index contributed by atoms with van der Waals surface area (Å²) in [4.78, 5) is 2.48. The first-order valence-electron chi connectivity index (χ1n) is 6.85. The van der Waals surface area contributed by atoms with Crippen molar-refractivity contribution < 1.29 is 4.74 Å². The predicted molar refractivity (Wildman–Crippen MR) is 77.7 cm³/mol. The van der Waals surface area contributed by atoms with Crippen LogP contribution >= 0.6 is 0 Å². The van der Waals surface area contributed by atoms with Gasteiger partial charge in [0.2, 0.25) is 0 Å². The number of piperidine rings is 1. The Labute approximate surface area is 115 Å². The van der Waals surface area contributed by atoms with E-state index in [9.17, 15) is 0 Å². The topological polar surface area (TPSA) is 38.5 Å². The molecule has 1 heterocycles. The molecule has 0 aliphatic carbocycles. The minimum Gasteiger partial charge on any atom is -0.381 e. The lowest BCUT2D eigenvalue weighted by Crippen LogP contribution is -2.36. The van der Waals surface area contributed by atoms with Gasteiger partial charge >= 0.3 is 0 Å². The van der Waals surface area contributed by atoms with E-state index in [0.29, 0.717) is 12.6 Å². The molecular formula is C16H22N2O. The number of nitrogens with two attached hydrogens (primary N) is 1. The minimum absolute atomic E-state index is 0.413. The van der Waals surface area contributed by atoms with E-state index in [2.05, 4.69) is 41.0 Å². The van der Waals surface area contributed by atoms with Gasteiger partial charge in [0.15, 0.2) is 0 Å². The molecule has 0 bridgehead atoms. The van der Waals surface area contributed by atoms with Crippen molar-refractivity contribution in [3.8, 4) is 11.8 Å².